The third kappa shape index (κ3) is 5.22. The number of esters is 1. The number of hydrogen-bond donors (Lipinski definition) is 1. The molecular weight excluding hydrogens is 158 g/mol. The Morgan fingerprint density at radius 2 is 2.00 bits per heavy atom. The lowest BCUT2D eigenvalue weighted by molar-refractivity contribution is -0.135. The first-order valence-corrected chi connectivity index (χ1v) is 3.38. The van der Waals surface area contributed by atoms with E-state index in [0.717, 1.165) is 12.2 Å². The Morgan fingerprint density at radius 3 is 2.50 bits per heavy atom. The first-order valence-electron chi connectivity index (χ1n) is 3.38. The van der Waals surface area contributed by atoms with Crippen molar-refractivity contribution in [1.82, 2.24) is 5.32 Å². The molecule has 0 aromatic heterocycles. The summed E-state index contributed by atoms with van der Waals surface area (Å²) in [7, 11) is 1.25. The smallest absolute Gasteiger partial charge is 0.330 e. The zero-order valence-electron chi connectivity index (χ0n) is 7.03. The van der Waals surface area contributed by atoms with E-state index in [-0.39, 0.29) is 5.91 Å². The van der Waals surface area contributed by atoms with Crippen molar-refractivity contribution in [2.24, 2.45) is 0 Å². The first kappa shape index (κ1) is 10.4. The summed E-state index contributed by atoms with van der Waals surface area (Å²) >= 11 is 0. The molecule has 66 valence electrons. The molecule has 0 radical (unpaired) electrons. The minimum Gasteiger partial charge on any atom is -0.466 e. The van der Waals surface area contributed by atoms with E-state index in [1.807, 2.05) is 0 Å². The van der Waals surface area contributed by atoms with E-state index in [4.69, 9.17) is 0 Å². The molecule has 0 aromatic carbocycles. The highest BCUT2D eigenvalue weighted by Crippen LogP contribution is 1.78. The van der Waals surface area contributed by atoms with Gasteiger partial charge in [0.05, 0.1) is 7.11 Å². The van der Waals surface area contributed by atoms with E-state index in [1.54, 1.807) is 13.0 Å². The second-order valence-electron chi connectivity index (χ2n) is 1.87. The van der Waals surface area contributed by atoms with Crippen molar-refractivity contribution in [3.05, 3.63) is 24.4 Å². The Balaban J connectivity index is 3.83. The normalized spacial score (nSPS) is 10.5. The molecule has 0 aliphatic heterocycles. The number of allylic oxidation sites excluding steroid dienone is 1. The molecule has 0 spiro atoms. The van der Waals surface area contributed by atoms with E-state index in [2.05, 4.69) is 10.1 Å². The molecule has 1 N–H and O–H groups in total. The molecule has 0 saturated carbocycles. The van der Waals surface area contributed by atoms with Crippen LogP contribution >= 0.6 is 0 Å². The summed E-state index contributed by atoms with van der Waals surface area (Å²) in [5.41, 5.74) is 0. The molecule has 4 nitrogen and oxygen atoms in total. The number of rotatable bonds is 3. The molecule has 0 aliphatic rings. The summed E-state index contributed by atoms with van der Waals surface area (Å²) in [6, 6.07) is 0. The van der Waals surface area contributed by atoms with Gasteiger partial charge in [-0.25, -0.2) is 4.79 Å². The summed E-state index contributed by atoms with van der Waals surface area (Å²) in [6.45, 7) is 1.77. The van der Waals surface area contributed by atoms with Crippen LogP contribution in [-0.4, -0.2) is 19.0 Å². The Morgan fingerprint density at radius 1 is 1.33 bits per heavy atom. The molecule has 0 fully saturated rings. The number of carbonyl (C=O) groups excluding carboxylic acids is 2. The van der Waals surface area contributed by atoms with E-state index < -0.39 is 5.97 Å². The minimum absolute atomic E-state index is 0.362. The maximum Gasteiger partial charge on any atom is 0.330 e. The maximum absolute atomic E-state index is 10.8. The highest BCUT2D eigenvalue weighted by atomic mass is 16.5. The zero-order chi connectivity index (χ0) is 9.40. The van der Waals surface area contributed by atoms with Gasteiger partial charge in [0.1, 0.15) is 0 Å². The van der Waals surface area contributed by atoms with Crippen LogP contribution in [0.15, 0.2) is 24.4 Å². The van der Waals surface area contributed by atoms with Gasteiger partial charge in [-0.1, -0.05) is 6.08 Å². The van der Waals surface area contributed by atoms with Crippen LogP contribution in [0.25, 0.3) is 0 Å². The van der Waals surface area contributed by atoms with Gasteiger partial charge in [0.2, 0.25) is 5.91 Å². The monoisotopic (exact) mass is 169 g/mol. The fourth-order valence-corrected chi connectivity index (χ4v) is 0.425. The molecular formula is C8H11NO3. The van der Waals surface area contributed by atoms with E-state index in [9.17, 15) is 9.59 Å². The van der Waals surface area contributed by atoms with Crippen LogP contribution in [0.2, 0.25) is 0 Å². The van der Waals surface area contributed by atoms with Crippen molar-refractivity contribution < 1.29 is 14.3 Å². The van der Waals surface area contributed by atoms with Gasteiger partial charge < -0.3 is 10.1 Å². The highest BCUT2D eigenvalue weighted by Gasteiger charge is 1.93. The van der Waals surface area contributed by atoms with E-state index in [0.29, 0.717) is 0 Å². The molecule has 0 aliphatic carbocycles. The van der Waals surface area contributed by atoms with Crippen LogP contribution in [0.1, 0.15) is 6.92 Å². The predicted molar refractivity (Wildman–Crippen MR) is 44.1 cm³/mol. The second-order valence-corrected chi connectivity index (χ2v) is 1.87. The second kappa shape index (κ2) is 6.15. The number of nitrogens with one attached hydrogen (secondary N) is 1. The van der Waals surface area contributed by atoms with Crippen LogP contribution in [0.3, 0.4) is 0 Å². The summed E-state index contributed by atoms with van der Waals surface area (Å²) in [4.78, 5) is 21.2. The Hall–Kier alpha value is -1.58. The van der Waals surface area contributed by atoms with Crippen LogP contribution in [0.4, 0.5) is 0 Å². The van der Waals surface area contributed by atoms with E-state index in [1.165, 1.54) is 13.3 Å². The lowest BCUT2D eigenvalue weighted by atomic mass is 10.4. The summed E-state index contributed by atoms with van der Waals surface area (Å²) < 4.78 is 4.28. The Bertz CT molecular complexity index is 218. The fraction of sp³-hybridized carbons (Fsp3) is 0.250. The zero-order valence-corrected chi connectivity index (χ0v) is 7.03. The highest BCUT2D eigenvalue weighted by molar-refractivity contribution is 5.94. The average Bonchev–Trinajstić information content (AvgIpc) is 2.10. The molecule has 12 heavy (non-hydrogen) atoms. The van der Waals surface area contributed by atoms with E-state index >= 15 is 0 Å². The molecule has 0 unspecified atom stereocenters. The number of hydrogen-bond acceptors (Lipinski definition) is 3. The first-order chi connectivity index (χ1) is 5.70. The molecule has 0 bridgehead atoms. The van der Waals surface area contributed by atoms with Gasteiger partial charge in [0, 0.05) is 12.2 Å². The molecule has 0 saturated heterocycles. The third-order valence-corrected chi connectivity index (χ3v) is 0.964. The summed E-state index contributed by atoms with van der Waals surface area (Å²) in [5, 5.41) is 2.40. The van der Waals surface area contributed by atoms with Gasteiger partial charge >= 0.3 is 5.97 Å². The molecule has 4 heteroatoms. The standard InChI is InChI=1S/C8H11NO3/c1-3-6-9-7(10)4-5-8(11)12-2/h3-6H,1-2H3,(H,9,10)/b5-4+,6-3+. The molecule has 0 atom stereocenters. The van der Waals surface area contributed by atoms with Gasteiger partial charge in [-0.15, -0.1) is 0 Å². The number of methoxy groups -OCH3 is 1. The number of ether oxygens (including phenoxy) is 1. The molecule has 1 amide bonds. The number of amides is 1. The van der Waals surface area contributed by atoms with Crippen LogP contribution < -0.4 is 5.32 Å². The summed E-state index contributed by atoms with van der Waals surface area (Å²) in [5.74, 6) is -0.913. The summed E-state index contributed by atoms with van der Waals surface area (Å²) in [6.07, 6.45) is 5.30. The van der Waals surface area contributed by atoms with Crippen molar-refractivity contribution in [1.29, 1.82) is 0 Å². The minimum atomic E-state index is -0.550. The van der Waals surface area contributed by atoms with Gasteiger partial charge in [-0.05, 0) is 13.1 Å². The van der Waals surface area contributed by atoms with Crippen molar-refractivity contribution in [3.8, 4) is 0 Å². The van der Waals surface area contributed by atoms with Gasteiger partial charge in [-0.2, -0.15) is 0 Å². The van der Waals surface area contributed by atoms with Gasteiger partial charge in [0.15, 0.2) is 0 Å². The number of carbonyl (C=O) groups is 2. The van der Waals surface area contributed by atoms with Gasteiger partial charge in [0.25, 0.3) is 0 Å². The van der Waals surface area contributed by atoms with Crippen LogP contribution in [0.5, 0.6) is 0 Å². The molecule has 0 rings (SSSR count). The van der Waals surface area contributed by atoms with Crippen LogP contribution in [-0.2, 0) is 14.3 Å². The van der Waals surface area contributed by atoms with Crippen molar-refractivity contribution in [2.45, 2.75) is 6.92 Å². The average molecular weight is 169 g/mol. The lowest BCUT2D eigenvalue weighted by Crippen LogP contribution is -2.13. The van der Waals surface area contributed by atoms with Crippen molar-refractivity contribution >= 4 is 11.9 Å². The molecule has 0 aromatic rings. The molecule has 0 heterocycles. The topological polar surface area (TPSA) is 55.4 Å². The van der Waals surface area contributed by atoms with Crippen molar-refractivity contribution in [2.75, 3.05) is 7.11 Å². The maximum atomic E-state index is 10.8. The Kier molecular flexibility index (Phi) is 5.34. The quantitative estimate of drug-likeness (QED) is 0.490. The van der Waals surface area contributed by atoms with Crippen molar-refractivity contribution in [3.63, 3.8) is 0 Å². The Labute approximate surface area is 70.9 Å². The predicted octanol–water partition coefficient (Wildman–Crippen LogP) is 0.365. The van der Waals surface area contributed by atoms with Gasteiger partial charge in [-0.3, -0.25) is 4.79 Å². The van der Waals surface area contributed by atoms with Crippen LogP contribution in [0, 0.1) is 0 Å². The fourth-order valence-electron chi connectivity index (χ4n) is 0.425. The third-order valence-electron chi connectivity index (χ3n) is 0.964. The lowest BCUT2D eigenvalue weighted by Gasteiger charge is -1.91. The SMILES string of the molecule is C/C=C/NC(=O)/C=C/C(=O)OC. The largest absolute Gasteiger partial charge is 0.466 e.